The van der Waals surface area contributed by atoms with Crippen LogP contribution >= 0.6 is 7.60 Å². The lowest BCUT2D eigenvalue weighted by molar-refractivity contribution is -0.445. The summed E-state index contributed by atoms with van der Waals surface area (Å²) in [5.74, 6) is 0. The third-order valence-corrected chi connectivity index (χ3v) is 0. The summed E-state index contributed by atoms with van der Waals surface area (Å²) in [7, 11) is -6.42. The molecule has 0 rings (SSSR count). The van der Waals surface area contributed by atoms with E-state index >= 15 is 0 Å². The zero-order chi connectivity index (χ0) is 12.6. The fourth-order valence-corrected chi connectivity index (χ4v) is 0. The first kappa shape index (κ1) is 19.1. The van der Waals surface area contributed by atoms with E-state index in [0.717, 1.165) is 13.7 Å². The fourth-order valence-electron chi connectivity index (χ4n) is 0. The van der Waals surface area contributed by atoms with Crippen LogP contribution in [0.15, 0.2) is 0 Å². The molecule has 0 aromatic rings. The predicted molar refractivity (Wildman–Crippen MR) is 48.4 cm³/mol. The lowest BCUT2D eigenvalue weighted by Gasteiger charge is -1.84. The van der Waals surface area contributed by atoms with Crippen LogP contribution in [0, 0.1) is 10.1 Å². The Morgan fingerprint density at radius 3 is 1.36 bits per heavy atom. The Bertz CT molecular complexity index is 269. The molecule has 0 saturated carbocycles. The first-order chi connectivity index (χ1) is 5.73. The summed E-state index contributed by atoms with van der Waals surface area (Å²) in [5.41, 5.74) is 0. The van der Waals surface area contributed by atoms with E-state index in [2.05, 4.69) is 0 Å². The molecule has 0 heterocycles. The maximum Gasteiger partial charge on any atom is 0.322 e. The minimum absolute atomic E-state index is 0.500. The van der Waals surface area contributed by atoms with Gasteiger partial charge in [-0.05, 0) is 0 Å². The van der Waals surface area contributed by atoms with Crippen molar-refractivity contribution in [3.63, 3.8) is 0 Å². The van der Waals surface area contributed by atoms with Gasteiger partial charge in [-0.15, -0.1) is 0 Å². The van der Waals surface area contributed by atoms with Gasteiger partial charge in [0.05, 0.1) is 6.26 Å². The summed E-state index contributed by atoms with van der Waals surface area (Å²) in [6, 6.07) is 0. The van der Waals surface area contributed by atoms with Crippen LogP contribution in [-0.4, -0.2) is 47.6 Å². The second kappa shape index (κ2) is 7.83. The molecule has 0 aliphatic rings. The molecule has 3 N–H and O–H groups in total. The van der Waals surface area contributed by atoms with Crippen LogP contribution in [0.2, 0.25) is 0 Å². The van der Waals surface area contributed by atoms with Gasteiger partial charge in [-0.2, -0.15) is 8.42 Å². The van der Waals surface area contributed by atoms with Crippen LogP contribution in [0.5, 0.6) is 0 Å². The Labute approximate surface area is 80.8 Å². The summed E-state index contributed by atoms with van der Waals surface area (Å²) in [6.07, 6.45) is 0.715. The van der Waals surface area contributed by atoms with E-state index in [9.17, 15) is 13.0 Å². The minimum atomic E-state index is -3.67. The Hall–Kier alpha value is -0.540. The summed E-state index contributed by atoms with van der Waals surface area (Å²) < 4.78 is 35.2. The summed E-state index contributed by atoms with van der Waals surface area (Å²) >= 11 is 0. The molecule has 0 amide bonds. The summed E-state index contributed by atoms with van der Waals surface area (Å²) in [4.78, 5) is 23.6. The number of rotatable bonds is 0. The Balaban J connectivity index is -0.000000131. The first-order valence-corrected chi connectivity index (χ1v) is 6.67. The smallest absolute Gasteiger partial charge is 0.322 e. The SMILES string of the molecule is CP(=O)(O)O.CS(=O)(=O)O.C[N+](=O)[O-]. The lowest BCUT2D eigenvalue weighted by atomic mass is 11.5. The number of hydrogen-bond donors (Lipinski definition) is 3. The van der Waals surface area contributed by atoms with Crippen molar-refractivity contribution in [1.82, 2.24) is 0 Å². The molecule has 0 fully saturated rings. The molecule has 0 radical (unpaired) electrons. The number of nitro groups is 1. The fraction of sp³-hybridized carbons (Fsp3) is 1.00. The van der Waals surface area contributed by atoms with Gasteiger partial charge in [0.1, 0.15) is 0 Å². The highest BCUT2D eigenvalue weighted by molar-refractivity contribution is 7.85. The third kappa shape index (κ3) is 4300. The van der Waals surface area contributed by atoms with Gasteiger partial charge in [0.2, 0.25) is 0 Å². The molecular formula is C3H12NO8PS. The van der Waals surface area contributed by atoms with E-state index in [-0.39, 0.29) is 0 Å². The number of hydrogen-bond acceptors (Lipinski definition) is 5. The molecule has 0 spiro atoms. The van der Waals surface area contributed by atoms with Crippen molar-refractivity contribution in [1.29, 1.82) is 0 Å². The zero-order valence-electron chi connectivity index (χ0n) is 7.69. The molecule has 88 valence electrons. The average Bonchev–Trinajstić information content (AvgIpc) is 1.45. The Morgan fingerprint density at radius 1 is 1.36 bits per heavy atom. The van der Waals surface area contributed by atoms with Gasteiger partial charge in [0, 0.05) is 11.6 Å². The largest absolute Gasteiger partial charge is 0.325 e. The van der Waals surface area contributed by atoms with E-state index in [4.69, 9.17) is 24.5 Å². The van der Waals surface area contributed by atoms with Gasteiger partial charge >= 0.3 is 7.60 Å². The van der Waals surface area contributed by atoms with Crippen molar-refractivity contribution in [3.8, 4) is 0 Å². The van der Waals surface area contributed by atoms with Crippen molar-refractivity contribution in [2.75, 3.05) is 20.0 Å². The van der Waals surface area contributed by atoms with Gasteiger partial charge in [-0.1, -0.05) is 0 Å². The monoisotopic (exact) mass is 253 g/mol. The van der Waals surface area contributed by atoms with Gasteiger partial charge in [0.15, 0.2) is 7.05 Å². The van der Waals surface area contributed by atoms with Crippen molar-refractivity contribution in [2.45, 2.75) is 0 Å². The van der Waals surface area contributed by atoms with Crippen LogP contribution in [0.4, 0.5) is 0 Å². The second-order valence-electron chi connectivity index (χ2n) is 2.01. The molecule has 0 unspecified atom stereocenters. The van der Waals surface area contributed by atoms with E-state index in [1.165, 1.54) is 0 Å². The van der Waals surface area contributed by atoms with Crippen LogP contribution in [0.25, 0.3) is 0 Å². The van der Waals surface area contributed by atoms with E-state index < -0.39 is 22.6 Å². The van der Waals surface area contributed by atoms with Gasteiger partial charge < -0.3 is 9.79 Å². The van der Waals surface area contributed by atoms with E-state index in [0.29, 0.717) is 6.26 Å². The van der Waals surface area contributed by atoms with Crippen molar-refractivity contribution >= 4 is 17.7 Å². The third-order valence-electron chi connectivity index (χ3n) is 0. The minimum Gasteiger partial charge on any atom is -0.325 e. The predicted octanol–water partition coefficient (Wildman–Crippen LogP) is -0.809. The maximum atomic E-state index is 9.33. The molecular weight excluding hydrogens is 241 g/mol. The topological polar surface area (TPSA) is 155 Å². The molecule has 0 saturated heterocycles. The summed E-state index contributed by atoms with van der Waals surface area (Å²) in [6.45, 7) is 0.854. The maximum absolute atomic E-state index is 9.33. The molecule has 0 aliphatic carbocycles. The lowest BCUT2D eigenvalue weighted by Crippen LogP contribution is -1.88. The highest BCUT2D eigenvalue weighted by Gasteiger charge is 1.95. The molecule has 14 heavy (non-hydrogen) atoms. The molecule has 0 bridgehead atoms. The molecule has 9 nitrogen and oxygen atoms in total. The van der Waals surface area contributed by atoms with Gasteiger partial charge in [0.25, 0.3) is 10.1 Å². The molecule has 0 aromatic heterocycles. The standard InChI is InChI=1S/CH3NO2.CH5O3P.CH4O3S/c1-2(3)4;2*1-5(2,3)4/h1H3;1H3,(H2,2,3,4);1H3,(H,2,3,4). The molecule has 0 aromatic carbocycles. The van der Waals surface area contributed by atoms with Gasteiger partial charge in [-0.3, -0.25) is 19.2 Å². The highest BCUT2D eigenvalue weighted by atomic mass is 32.2. The van der Waals surface area contributed by atoms with Crippen molar-refractivity contribution in [2.24, 2.45) is 0 Å². The normalized spacial score (nSPS) is 10.1. The van der Waals surface area contributed by atoms with E-state index in [1.54, 1.807) is 0 Å². The molecule has 11 heteroatoms. The zero-order valence-corrected chi connectivity index (χ0v) is 9.40. The quantitative estimate of drug-likeness (QED) is 0.219. The van der Waals surface area contributed by atoms with Crippen molar-refractivity contribution < 1.29 is 32.2 Å². The van der Waals surface area contributed by atoms with Crippen LogP contribution in [0.3, 0.4) is 0 Å². The second-order valence-corrected chi connectivity index (χ2v) is 5.14. The first-order valence-electron chi connectivity index (χ1n) is 2.77. The summed E-state index contributed by atoms with van der Waals surface area (Å²) in [5, 5.41) is 8.81. The number of nitrogens with zero attached hydrogens (tertiary/aromatic N) is 1. The van der Waals surface area contributed by atoms with Crippen LogP contribution in [0.1, 0.15) is 0 Å². The van der Waals surface area contributed by atoms with Crippen molar-refractivity contribution in [3.05, 3.63) is 10.1 Å². The molecule has 0 aliphatic heterocycles. The van der Waals surface area contributed by atoms with E-state index in [1.807, 2.05) is 0 Å². The highest BCUT2D eigenvalue weighted by Crippen LogP contribution is 2.26. The Kier molecular flexibility index (Phi) is 10.7. The van der Waals surface area contributed by atoms with Crippen LogP contribution < -0.4 is 0 Å². The average molecular weight is 253 g/mol. The van der Waals surface area contributed by atoms with Crippen LogP contribution in [-0.2, 0) is 14.7 Å². The molecule has 0 atom stereocenters. The van der Waals surface area contributed by atoms with Gasteiger partial charge in [-0.25, -0.2) is 0 Å². The Morgan fingerprint density at radius 2 is 1.36 bits per heavy atom.